The van der Waals surface area contributed by atoms with Crippen molar-refractivity contribution in [3.63, 3.8) is 0 Å². The summed E-state index contributed by atoms with van der Waals surface area (Å²) in [4.78, 5) is 4.11. The Labute approximate surface area is 165 Å². The Morgan fingerprint density at radius 3 is 2.86 bits per heavy atom. The molecule has 29 heavy (non-hydrogen) atoms. The average Bonchev–Trinajstić information content (AvgIpc) is 3.42. The molecule has 0 spiro atoms. The van der Waals surface area contributed by atoms with E-state index in [2.05, 4.69) is 36.0 Å². The van der Waals surface area contributed by atoms with Crippen molar-refractivity contribution in [3.8, 4) is 23.1 Å². The lowest BCUT2D eigenvalue weighted by atomic mass is 10.2. The van der Waals surface area contributed by atoms with Gasteiger partial charge < -0.3 is 24.5 Å². The molecule has 0 radical (unpaired) electrons. The summed E-state index contributed by atoms with van der Waals surface area (Å²) in [5, 5.41) is 21.5. The number of nitrogens with zero attached hydrogens (tertiary/aromatic N) is 4. The summed E-state index contributed by atoms with van der Waals surface area (Å²) in [5.41, 5.74) is 3.16. The molecule has 0 saturated heterocycles. The zero-order valence-corrected chi connectivity index (χ0v) is 15.3. The number of anilines is 3. The van der Waals surface area contributed by atoms with Crippen molar-refractivity contribution in [1.29, 1.82) is 0 Å². The monoisotopic (exact) mass is 391 g/mol. The van der Waals surface area contributed by atoms with Gasteiger partial charge in [0.1, 0.15) is 18.9 Å². The van der Waals surface area contributed by atoms with Gasteiger partial charge in [-0.05, 0) is 23.8 Å². The first-order valence-electron chi connectivity index (χ1n) is 9.02. The first-order chi connectivity index (χ1) is 14.3. The largest absolute Gasteiger partial charge is 0.486 e. The van der Waals surface area contributed by atoms with Crippen LogP contribution in [0.1, 0.15) is 5.56 Å². The number of hydrogen-bond acceptors (Lipinski definition) is 9. The van der Waals surface area contributed by atoms with Gasteiger partial charge >= 0.3 is 6.01 Å². The normalized spacial score (nSPS) is 12.6. The number of rotatable bonds is 6. The van der Waals surface area contributed by atoms with Crippen molar-refractivity contribution in [3.05, 3.63) is 54.5 Å². The molecule has 5 rings (SSSR count). The molecule has 4 aromatic rings. The number of aromatic amines is 1. The molecule has 1 aliphatic rings. The lowest BCUT2D eigenvalue weighted by Crippen LogP contribution is -2.15. The zero-order valence-electron chi connectivity index (χ0n) is 15.3. The van der Waals surface area contributed by atoms with Crippen LogP contribution in [0.5, 0.6) is 11.5 Å². The van der Waals surface area contributed by atoms with Crippen LogP contribution in [0.4, 0.5) is 17.4 Å². The second-order valence-electron chi connectivity index (χ2n) is 6.27. The summed E-state index contributed by atoms with van der Waals surface area (Å²) in [7, 11) is 0. The van der Waals surface area contributed by atoms with Crippen LogP contribution in [-0.4, -0.2) is 38.6 Å². The molecular formula is C19H17N7O3. The Morgan fingerprint density at radius 1 is 1.03 bits per heavy atom. The van der Waals surface area contributed by atoms with Crippen molar-refractivity contribution in [2.75, 3.05) is 23.8 Å². The molecule has 0 aliphatic carbocycles. The molecule has 1 aromatic carbocycles. The highest BCUT2D eigenvalue weighted by Crippen LogP contribution is 2.34. The average molecular weight is 391 g/mol. The molecule has 0 atom stereocenters. The van der Waals surface area contributed by atoms with Crippen molar-refractivity contribution >= 4 is 17.4 Å². The minimum Gasteiger partial charge on any atom is -0.486 e. The predicted octanol–water partition coefficient (Wildman–Crippen LogP) is 2.98. The quantitative estimate of drug-likeness (QED) is 0.455. The minimum absolute atomic E-state index is 0.254. The number of H-pyrrole nitrogens is 1. The van der Waals surface area contributed by atoms with Crippen LogP contribution < -0.4 is 20.1 Å². The maximum atomic E-state index is 5.74. The summed E-state index contributed by atoms with van der Waals surface area (Å²) >= 11 is 0. The summed E-state index contributed by atoms with van der Waals surface area (Å²) in [5.74, 6) is 1.71. The highest BCUT2D eigenvalue weighted by Gasteiger charge is 2.16. The summed E-state index contributed by atoms with van der Waals surface area (Å²) in [6.07, 6.45) is 5.21. The third-order valence-corrected chi connectivity index (χ3v) is 4.28. The molecule has 0 unspecified atom stereocenters. The van der Waals surface area contributed by atoms with Gasteiger partial charge in [-0.2, -0.15) is 5.10 Å². The summed E-state index contributed by atoms with van der Waals surface area (Å²) in [6.45, 7) is 1.67. The van der Waals surface area contributed by atoms with Crippen molar-refractivity contribution < 1.29 is 13.9 Å². The second-order valence-corrected chi connectivity index (χ2v) is 6.27. The third-order valence-electron chi connectivity index (χ3n) is 4.28. The van der Waals surface area contributed by atoms with Gasteiger partial charge in [0.05, 0.1) is 11.9 Å². The molecule has 3 N–H and O–H groups in total. The number of fused-ring (bicyclic) bond motifs is 1. The first kappa shape index (κ1) is 17.0. The van der Waals surface area contributed by atoms with E-state index >= 15 is 0 Å². The van der Waals surface area contributed by atoms with E-state index in [0.29, 0.717) is 37.1 Å². The Kier molecular flexibility index (Phi) is 4.41. The Hall–Kier alpha value is -4.08. The van der Waals surface area contributed by atoms with Gasteiger partial charge in [0, 0.05) is 30.7 Å². The molecule has 10 nitrogen and oxygen atoms in total. The van der Waals surface area contributed by atoms with Gasteiger partial charge in [-0.15, -0.1) is 5.10 Å². The highest BCUT2D eigenvalue weighted by atomic mass is 16.6. The SMILES string of the molecule is c1cncc(CNc2cn[nH]c2-c2nnc(Nc3ccc4c(c3)OCCO4)o2)c1. The number of pyridine rings is 1. The highest BCUT2D eigenvalue weighted by molar-refractivity contribution is 5.68. The summed E-state index contributed by atoms with van der Waals surface area (Å²) in [6, 6.07) is 9.65. The number of ether oxygens (including phenoxy) is 2. The number of aromatic nitrogens is 5. The van der Waals surface area contributed by atoms with E-state index in [1.165, 1.54) is 0 Å². The topological polar surface area (TPSA) is 123 Å². The fraction of sp³-hybridized carbons (Fsp3) is 0.158. The van der Waals surface area contributed by atoms with E-state index in [4.69, 9.17) is 13.9 Å². The molecule has 0 saturated carbocycles. The summed E-state index contributed by atoms with van der Waals surface area (Å²) < 4.78 is 16.9. The maximum absolute atomic E-state index is 5.74. The molecule has 0 amide bonds. The Balaban J connectivity index is 1.30. The number of hydrogen-bond donors (Lipinski definition) is 3. The minimum atomic E-state index is 0.254. The van der Waals surface area contributed by atoms with Crippen LogP contribution in [0.3, 0.4) is 0 Å². The maximum Gasteiger partial charge on any atom is 0.320 e. The first-order valence-corrected chi connectivity index (χ1v) is 9.02. The van der Waals surface area contributed by atoms with Gasteiger partial charge in [0.15, 0.2) is 11.5 Å². The number of nitrogens with one attached hydrogen (secondary N) is 3. The van der Waals surface area contributed by atoms with Crippen molar-refractivity contribution in [2.45, 2.75) is 6.54 Å². The van der Waals surface area contributed by atoms with Gasteiger partial charge in [-0.25, -0.2) is 0 Å². The lowest BCUT2D eigenvalue weighted by Gasteiger charge is -2.18. The third kappa shape index (κ3) is 3.68. The Morgan fingerprint density at radius 2 is 1.97 bits per heavy atom. The fourth-order valence-electron chi connectivity index (χ4n) is 2.90. The van der Waals surface area contributed by atoms with Crippen LogP contribution in [0, 0.1) is 0 Å². The molecule has 146 valence electrons. The van der Waals surface area contributed by atoms with E-state index in [-0.39, 0.29) is 6.01 Å². The lowest BCUT2D eigenvalue weighted by molar-refractivity contribution is 0.171. The van der Waals surface area contributed by atoms with Crippen LogP contribution >= 0.6 is 0 Å². The van der Waals surface area contributed by atoms with Gasteiger partial charge in [0.25, 0.3) is 5.89 Å². The molecule has 4 heterocycles. The predicted molar refractivity (Wildman–Crippen MR) is 104 cm³/mol. The van der Waals surface area contributed by atoms with E-state index in [1.807, 2.05) is 30.3 Å². The van der Waals surface area contributed by atoms with E-state index in [0.717, 1.165) is 22.7 Å². The van der Waals surface area contributed by atoms with Gasteiger partial charge in [-0.1, -0.05) is 11.2 Å². The standard InChI is InChI=1S/C19H17N7O3/c1-2-12(9-20-5-1)10-21-14-11-22-24-17(14)18-25-26-19(29-18)23-13-3-4-15-16(8-13)28-7-6-27-15/h1-5,8-9,11,21H,6-7,10H2,(H,22,24)(H,23,26). The van der Waals surface area contributed by atoms with Gasteiger partial charge in [-0.3, -0.25) is 10.1 Å². The number of benzene rings is 1. The zero-order chi connectivity index (χ0) is 19.5. The van der Waals surface area contributed by atoms with Gasteiger partial charge in [0.2, 0.25) is 0 Å². The molecule has 1 aliphatic heterocycles. The fourth-order valence-corrected chi connectivity index (χ4v) is 2.90. The molecule has 10 heteroatoms. The molecular weight excluding hydrogens is 374 g/mol. The van der Waals surface area contributed by atoms with Crippen LogP contribution in [0.25, 0.3) is 11.6 Å². The second kappa shape index (κ2) is 7.50. The van der Waals surface area contributed by atoms with Crippen LogP contribution in [0.15, 0.2) is 53.3 Å². The smallest absolute Gasteiger partial charge is 0.320 e. The van der Waals surface area contributed by atoms with Crippen LogP contribution in [0.2, 0.25) is 0 Å². The van der Waals surface area contributed by atoms with Crippen molar-refractivity contribution in [2.24, 2.45) is 0 Å². The molecule has 0 fully saturated rings. The van der Waals surface area contributed by atoms with Crippen molar-refractivity contribution in [1.82, 2.24) is 25.4 Å². The van der Waals surface area contributed by atoms with E-state index in [9.17, 15) is 0 Å². The molecule has 3 aromatic heterocycles. The van der Waals surface area contributed by atoms with Crippen LogP contribution in [-0.2, 0) is 6.54 Å². The van der Waals surface area contributed by atoms with E-state index in [1.54, 1.807) is 18.6 Å². The Bertz CT molecular complexity index is 1110. The van der Waals surface area contributed by atoms with E-state index < -0.39 is 0 Å². The molecule has 0 bridgehead atoms.